The van der Waals surface area contributed by atoms with E-state index in [1.165, 1.54) is 5.56 Å². The summed E-state index contributed by atoms with van der Waals surface area (Å²) >= 11 is 0. The van der Waals surface area contributed by atoms with Crippen molar-refractivity contribution in [2.75, 3.05) is 26.2 Å². The number of nitrogens with one attached hydrogen (secondary N) is 1. The topological polar surface area (TPSA) is 37.4 Å². The maximum absolute atomic E-state index is 6.03. The van der Waals surface area contributed by atoms with E-state index in [-0.39, 0.29) is 6.10 Å². The van der Waals surface area contributed by atoms with Gasteiger partial charge in [-0.25, -0.2) is 0 Å². The maximum atomic E-state index is 6.03. The van der Waals surface area contributed by atoms with E-state index in [0.29, 0.717) is 12.1 Å². The van der Waals surface area contributed by atoms with Crippen molar-refractivity contribution in [2.24, 2.45) is 0 Å². The molecule has 0 radical (unpaired) electrons. The number of likely N-dealkylation sites (N-methyl/N-ethyl adjacent to an activating group) is 1. The maximum Gasteiger partial charge on any atom is 0.0858 e. The molecule has 4 heteroatoms. The number of aromatic nitrogens is 1. The molecule has 0 saturated carbocycles. The number of nitrogens with zero attached hydrogens (tertiary/aromatic N) is 2. The van der Waals surface area contributed by atoms with Gasteiger partial charge < -0.3 is 10.1 Å². The lowest BCUT2D eigenvalue weighted by Gasteiger charge is -2.39. The Morgan fingerprint density at radius 3 is 2.80 bits per heavy atom. The average molecular weight is 277 g/mol. The first-order valence-corrected chi connectivity index (χ1v) is 7.68. The van der Waals surface area contributed by atoms with Crippen LogP contribution in [0.4, 0.5) is 0 Å². The molecule has 1 aliphatic heterocycles. The largest absolute Gasteiger partial charge is 0.374 e. The van der Waals surface area contributed by atoms with E-state index in [0.717, 1.165) is 32.7 Å². The Hall–Kier alpha value is -0.970. The summed E-state index contributed by atoms with van der Waals surface area (Å²) in [6.45, 7) is 10.5. The molecular formula is C16H27N3O. The highest BCUT2D eigenvalue weighted by Crippen LogP contribution is 2.15. The minimum Gasteiger partial charge on any atom is -0.374 e. The number of hydrogen-bond donors (Lipinski definition) is 1. The molecule has 0 aliphatic carbocycles. The van der Waals surface area contributed by atoms with Gasteiger partial charge in [-0.3, -0.25) is 9.88 Å². The van der Waals surface area contributed by atoms with E-state index in [1.54, 1.807) is 0 Å². The molecule has 1 aromatic heterocycles. The van der Waals surface area contributed by atoms with E-state index < -0.39 is 0 Å². The van der Waals surface area contributed by atoms with Crippen molar-refractivity contribution >= 4 is 0 Å². The van der Waals surface area contributed by atoms with Crippen LogP contribution in [0.3, 0.4) is 0 Å². The van der Waals surface area contributed by atoms with E-state index >= 15 is 0 Å². The van der Waals surface area contributed by atoms with Crippen molar-refractivity contribution in [1.82, 2.24) is 15.2 Å². The lowest BCUT2D eigenvalue weighted by atomic mass is 10.00. The van der Waals surface area contributed by atoms with Gasteiger partial charge in [-0.15, -0.1) is 0 Å². The third-order valence-electron chi connectivity index (χ3n) is 3.98. The zero-order valence-corrected chi connectivity index (χ0v) is 12.9. The molecule has 20 heavy (non-hydrogen) atoms. The third-order valence-corrected chi connectivity index (χ3v) is 3.98. The molecule has 112 valence electrons. The van der Waals surface area contributed by atoms with Gasteiger partial charge in [0, 0.05) is 37.6 Å². The second-order valence-corrected chi connectivity index (χ2v) is 5.72. The summed E-state index contributed by atoms with van der Waals surface area (Å²) in [6, 6.07) is 5.13. The summed E-state index contributed by atoms with van der Waals surface area (Å²) in [7, 11) is 0. The van der Waals surface area contributed by atoms with Crippen molar-refractivity contribution in [2.45, 2.75) is 45.4 Å². The molecule has 1 N–H and O–H groups in total. The molecule has 1 saturated heterocycles. The van der Waals surface area contributed by atoms with Crippen LogP contribution in [0.5, 0.6) is 0 Å². The first kappa shape index (κ1) is 15.4. The van der Waals surface area contributed by atoms with Gasteiger partial charge in [0.25, 0.3) is 0 Å². The Balaban J connectivity index is 2.00. The number of rotatable bonds is 6. The van der Waals surface area contributed by atoms with Crippen molar-refractivity contribution in [3.05, 3.63) is 30.1 Å². The summed E-state index contributed by atoms with van der Waals surface area (Å²) < 4.78 is 6.03. The minimum atomic E-state index is 0.263. The van der Waals surface area contributed by atoms with Crippen LogP contribution in [-0.2, 0) is 11.2 Å². The van der Waals surface area contributed by atoms with Crippen LogP contribution in [0.2, 0.25) is 0 Å². The summed E-state index contributed by atoms with van der Waals surface area (Å²) in [5.74, 6) is 0. The van der Waals surface area contributed by atoms with E-state index in [4.69, 9.17) is 4.74 Å². The zero-order valence-electron chi connectivity index (χ0n) is 12.9. The predicted molar refractivity (Wildman–Crippen MR) is 81.9 cm³/mol. The van der Waals surface area contributed by atoms with E-state index in [1.807, 2.05) is 12.4 Å². The minimum absolute atomic E-state index is 0.263. The Kier molecular flexibility index (Phi) is 5.95. The molecule has 0 bridgehead atoms. The average Bonchev–Trinajstić information content (AvgIpc) is 2.48. The van der Waals surface area contributed by atoms with Crippen LogP contribution in [-0.4, -0.2) is 54.3 Å². The van der Waals surface area contributed by atoms with Crippen LogP contribution in [0, 0.1) is 0 Å². The summed E-state index contributed by atoms with van der Waals surface area (Å²) in [4.78, 5) is 6.59. The van der Waals surface area contributed by atoms with Gasteiger partial charge in [0.05, 0.1) is 12.7 Å². The van der Waals surface area contributed by atoms with E-state index in [2.05, 4.69) is 48.1 Å². The number of ether oxygens (including phenoxy) is 1. The molecule has 4 nitrogen and oxygen atoms in total. The van der Waals surface area contributed by atoms with Crippen molar-refractivity contribution in [3.63, 3.8) is 0 Å². The Labute approximate surface area is 122 Å². The lowest BCUT2D eigenvalue weighted by molar-refractivity contribution is -0.0550. The summed E-state index contributed by atoms with van der Waals surface area (Å²) in [5, 5.41) is 3.59. The number of pyridine rings is 1. The molecule has 0 aromatic carbocycles. The van der Waals surface area contributed by atoms with Crippen molar-refractivity contribution in [3.8, 4) is 0 Å². The van der Waals surface area contributed by atoms with Crippen LogP contribution >= 0.6 is 0 Å². The Morgan fingerprint density at radius 1 is 1.40 bits per heavy atom. The van der Waals surface area contributed by atoms with Gasteiger partial charge in [0.1, 0.15) is 0 Å². The molecule has 2 unspecified atom stereocenters. The highest BCUT2D eigenvalue weighted by atomic mass is 16.5. The molecule has 2 atom stereocenters. The molecular weight excluding hydrogens is 250 g/mol. The highest BCUT2D eigenvalue weighted by Gasteiger charge is 2.28. The summed E-state index contributed by atoms with van der Waals surface area (Å²) in [6.07, 6.45) is 4.98. The first-order valence-electron chi connectivity index (χ1n) is 7.68. The van der Waals surface area contributed by atoms with Crippen molar-refractivity contribution in [1.29, 1.82) is 0 Å². The lowest BCUT2D eigenvalue weighted by Crippen LogP contribution is -2.54. The Morgan fingerprint density at radius 2 is 2.15 bits per heavy atom. The fourth-order valence-electron chi connectivity index (χ4n) is 2.78. The van der Waals surface area contributed by atoms with Gasteiger partial charge in [-0.05, 0) is 44.5 Å². The standard InChI is InChI=1S/C16H27N3O/c1-4-18-15(11-14-5-7-17-8-6-14)16-12-19(13(2)3)9-10-20-16/h5-8,13,15-16,18H,4,9-12H2,1-3H3. The summed E-state index contributed by atoms with van der Waals surface area (Å²) in [5.41, 5.74) is 1.32. The molecule has 0 amide bonds. The molecule has 2 heterocycles. The molecule has 1 aromatic rings. The van der Waals surface area contributed by atoms with Crippen LogP contribution in [0.1, 0.15) is 26.3 Å². The normalized spacial score (nSPS) is 22.1. The van der Waals surface area contributed by atoms with Crippen LogP contribution in [0.15, 0.2) is 24.5 Å². The van der Waals surface area contributed by atoms with Crippen LogP contribution in [0.25, 0.3) is 0 Å². The number of morpholine rings is 1. The van der Waals surface area contributed by atoms with Gasteiger partial charge in [-0.2, -0.15) is 0 Å². The quantitative estimate of drug-likeness (QED) is 0.859. The zero-order chi connectivity index (χ0) is 14.4. The first-order chi connectivity index (χ1) is 9.70. The molecule has 1 fully saturated rings. The van der Waals surface area contributed by atoms with E-state index in [9.17, 15) is 0 Å². The second-order valence-electron chi connectivity index (χ2n) is 5.72. The SMILES string of the molecule is CCNC(Cc1ccncc1)C1CN(C(C)C)CCO1. The van der Waals surface area contributed by atoms with Gasteiger partial charge in [-0.1, -0.05) is 6.92 Å². The Bertz CT molecular complexity index is 383. The smallest absolute Gasteiger partial charge is 0.0858 e. The van der Waals surface area contributed by atoms with Gasteiger partial charge in [0.2, 0.25) is 0 Å². The highest BCUT2D eigenvalue weighted by molar-refractivity contribution is 5.12. The van der Waals surface area contributed by atoms with Gasteiger partial charge in [0.15, 0.2) is 0 Å². The molecule has 1 aliphatic rings. The predicted octanol–water partition coefficient (Wildman–Crippen LogP) is 1.71. The molecule has 0 spiro atoms. The monoisotopic (exact) mass is 277 g/mol. The molecule has 2 rings (SSSR count). The van der Waals surface area contributed by atoms with Crippen LogP contribution < -0.4 is 5.32 Å². The second kappa shape index (κ2) is 7.72. The van der Waals surface area contributed by atoms with Crippen molar-refractivity contribution < 1.29 is 4.74 Å². The fourth-order valence-corrected chi connectivity index (χ4v) is 2.78. The fraction of sp³-hybridized carbons (Fsp3) is 0.688. The van der Waals surface area contributed by atoms with Gasteiger partial charge >= 0.3 is 0 Å². The third kappa shape index (κ3) is 4.27. The number of hydrogen-bond acceptors (Lipinski definition) is 4.